The Hall–Kier alpha value is -1.86. The van der Waals surface area contributed by atoms with E-state index in [1.54, 1.807) is 4.90 Å². The smallest absolute Gasteiger partial charge is 0.242 e. The van der Waals surface area contributed by atoms with E-state index in [2.05, 4.69) is 0 Å². The lowest BCUT2D eigenvalue weighted by Crippen LogP contribution is -2.33. The van der Waals surface area contributed by atoms with Crippen LogP contribution in [0.1, 0.15) is 6.42 Å². The summed E-state index contributed by atoms with van der Waals surface area (Å²) < 4.78 is 24.2. The van der Waals surface area contributed by atoms with Gasteiger partial charge in [-0.2, -0.15) is 0 Å². The Labute approximate surface area is 129 Å². The van der Waals surface area contributed by atoms with Crippen molar-refractivity contribution in [3.8, 4) is 0 Å². The Balaban J connectivity index is 1.66. The average molecular weight is 321 g/mol. The van der Waals surface area contributed by atoms with Gasteiger partial charge in [-0.15, -0.1) is 0 Å². The summed E-state index contributed by atoms with van der Waals surface area (Å²) in [5, 5.41) is 6.17. The second kappa shape index (κ2) is 5.73. The molecule has 0 spiro atoms. The zero-order chi connectivity index (χ0) is 15.7. The largest absolute Gasteiger partial charge is 0.341 e. The predicted octanol–water partition coefficient (Wildman–Crippen LogP) is 0.778. The number of para-hydroxylation sites is 1. The molecule has 1 aromatic heterocycles. The highest BCUT2D eigenvalue weighted by molar-refractivity contribution is 7.89. The second-order valence-electron chi connectivity index (χ2n) is 5.83. The average Bonchev–Trinajstić information content (AvgIpc) is 3.05. The van der Waals surface area contributed by atoms with E-state index < -0.39 is 10.0 Å². The number of likely N-dealkylation sites (tertiary alicyclic amines) is 1. The Morgan fingerprint density at radius 1 is 1.27 bits per heavy atom. The summed E-state index contributed by atoms with van der Waals surface area (Å²) in [7, 11) is -3.48. The number of nitrogens with zero attached hydrogens (tertiary/aromatic N) is 2. The van der Waals surface area contributed by atoms with Crippen molar-refractivity contribution in [3.05, 3.63) is 36.5 Å². The molecule has 6 nitrogen and oxygen atoms in total. The van der Waals surface area contributed by atoms with Gasteiger partial charge in [0.05, 0.1) is 5.75 Å². The fourth-order valence-electron chi connectivity index (χ4n) is 3.05. The van der Waals surface area contributed by atoms with Crippen molar-refractivity contribution in [2.75, 3.05) is 18.8 Å². The number of benzene rings is 1. The highest BCUT2D eigenvalue weighted by Crippen LogP contribution is 2.19. The summed E-state index contributed by atoms with van der Waals surface area (Å²) in [6, 6.07) is 9.88. The minimum atomic E-state index is -3.48. The van der Waals surface area contributed by atoms with Crippen LogP contribution in [0.4, 0.5) is 0 Å². The molecule has 0 radical (unpaired) electrons. The molecule has 1 aliphatic heterocycles. The van der Waals surface area contributed by atoms with Gasteiger partial charge in [0.15, 0.2) is 0 Å². The summed E-state index contributed by atoms with van der Waals surface area (Å²) in [6.07, 6.45) is 2.59. The zero-order valence-electron chi connectivity index (χ0n) is 12.2. The van der Waals surface area contributed by atoms with Crippen molar-refractivity contribution in [3.63, 3.8) is 0 Å². The van der Waals surface area contributed by atoms with Crippen molar-refractivity contribution < 1.29 is 13.2 Å². The highest BCUT2D eigenvalue weighted by atomic mass is 32.2. The molecule has 7 heteroatoms. The third-order valence-electron chi connectivity index (χ3n) is 4.09. The van der Waals surface area contributed by atoms with Crippen LogP contribution in [0.3, 0.4) is 0 Å². The standard InChI is InChI=1S/C15H19N3O3S/c16-22(20,21)11-12-5-7-18(9-12)15(19)10-17-8-6-13-3-1-2-4-14(13)17/h1-4,6,8,12H,5,7,9-11H2,(H2,16,20,21). The van der Waals surface area contributed by atoms with Gasteiger partial charge in [0, 0.05) is 24.8 Å². The Kier molecular flexibility index (Phi) is 3.92. The monoisotopic (exact) mass is 321 g/mol. The number of sulfonamides is 1. The lowest BCUT2D eigenvalue weighted by molar-refractivity contribution is -0.130. The first-order valence-electron chi connectivity index (χ1n) is 7.24. The highest BCUT2D eigenvalue weighted by Gasteiger charge is 2.28. The van der Waals surface area contributed by atoms with E-state index in [-0.39, 0.29) is 24.1 Å². The van der Waals surface area contributed by atoms with E-state index in [0.29, 0.717) is 19.5 Å². The number of rotatable bonds is 4. The van der Waals surface area contributed by atoms with Gasteiger partial charge < -0.3 is 9.47 Å². The molecular weight excluding hydrogens is 302 g/mol. The molecule has 1 amide bonds. The van der Waals surface area contributed by atoms with Crippen LogP contribution in [0, 0.1) is 5.92 Å². The number of carbonyl (C=O) groups excluding carboxylic acids is 1. The normalized spacial score (nSPS) is 19.0. The van der Waals surface area contributed by atoms with Gasteiger partial charge in [0.1, 0.15) is 6.54 Å². The number of primary sulfonamides is 1. The Morgan fingerprint density at radius 3 is 2.82 bits per heavy atom. The molecule has 1 aliphatic rings. The number of carbonyl (C=O) groups is 1. The molecule has 1 atom stereocenters. The molecule has 0 aliphatic carbocycles. The van der Waals surface area contributed by atoms with Crippen LogP contribution in [-0.2, 0) is 21.4 Å². The molecule has 0 bridgehead atoms. The summed E-state index contributed by atoms with van der Waals surface area (Å²) in [6.45, 7) is 1.34. The number of fused-ring (bicyclic) bond motifs is 1. The fraction of sp³-hybridized carbons (Fsp3) is 0.400. The second-order valence-corrected chi connectivity index (χ2v) is 7.49. The molecule has 3 rings (SSSR count). The maximum Gasteiger partial charge on any atom is 0.242 e. The van der Waals surface area contributed by atoms with Gasteiger partial charge in [0.2, 0.25) is 15.9 Å². The van der Waals surface area contributed by atoms with Gasteiger partial charge >= 0.3 is 0 Å². The third kappa shape index (κ3) is 3.31. The molecule has 1 saturated heterocycles. The minimum Gasteiger partial charge on any atom is -0.341 e. The summed E-state index contributed by atoms with van der Waals surface area (Å²) in [4.78, 5) is 14.1. The lowest BCUT2D eigenvalue weighted by Gasteiger charge is -2.17. The van der Waals surface area contributed by atoms with Crippen LogP contribution in [0.15, 0.2) is 36.5 Å². The number of amides is 1. The van der Waals surface area contributed by atoms with E-state index in [1.807, 2.05) is 41.1 Å². The van der Waals surface area contributed by atoms with Crippen LogP contribution in [0.5, 0.6) is 0 Å². The topological polar surface area (TPSA) is 85.4 Å². The van der Waals surface area contributed by atoms with Crippen molar-refractivity contribution in [1.82, 2.24) is 9.47 Å². The van der Waals surface area contributed by atoms with Crippen LogP contribution in [0.2, 0.25) is 0 Å². The Bertz CT molecular complexity index is 797. The van der Waals surface area contributed by atoms with Gasteiger partial charge in [-0.1, -0.05) is 18.2 Å². The molecular formula is C15H19N3O3S. The molecule has 118 valence electrons. The van der Waals surface area contributed by atoms with Crippen LogP contribution in [0.25, 0.3) is 10.9 Å². The number of aromatic nitrogens is 1. The third-order valence-corrected chi connectivity index (χ3v) is 5.03. The van der Waals surface area contributed by atoms with Gasteiger partial charge in [-0.05, 0) is 29.9 Å². The molecule has 22 heavy (non-hydrogen) atoms. The first-order valence-corrected chi connectivity index (χ1v) is 8.96. The van der Waals surface area contributed by atoms with Crippen molar-refractivity contribution >= 4 is 26.8 Å². The molecule has 2 heterocycles. The van der Waals surface area contributed by atoms with Crippen LogP contribution >= 0.6 is 0 Å². The zero-order valence-corrected chi connectivity index (χ0v) is 13.0. The van der Waals surface area contributed by atoms with Crippen LogP contribution < -0.4 is 5.14 Å². The molecule has 1 fully saturated rings. The van der Waals surface area contributed by atoms with E-state index in [4.69, 9.17) is 5.14 Å². The van der Waals surface area contributed by atoms with E-state index in [1.165, 1.54) is 0 Å². The summed E-state index contributed by atoms with van der Waals surface area (Å²) in [5.74, 6) is -0.0953. The maximum atomic E-state index is 12.4. The summed E-state index contributed by atoms with van der Waals surface area (Å²) >= 11 is 0. The summed E-state index contributed by atoms with van der Waals surface area (Å²) in [5.41, 5.74) is 1.02. The first-order chi connectivity index (χ1) is 10.4. The Morgan fingerprint density at radius 2 is 2.05 bits per heavy atom. The van der Waals surface area contributed by atoms with Gasteiger partial charge in [-0.25, -0.2) is 13.6 Å². The van der Waals surface area contributed by atoms with Crippen molar-refractivity contribution in [2.45, 2.75) is 13.0 Å². The van der Waals surface area contributed by atoms with Gasteiger partial charge in [-0.3, -0.25) is 4.79 Å². The SMILES string of the molecule is NS(=O)(=O)CC1CCN(C(=O)Cn2ccc3ccccc32)C1. The van der Waals surface area contributed by atoms with Gasteiger partial charge in [0.25, 0.3) is 0 Å². The lowest BCUT2D eigenvalue weighted by atomic mass is 10.2. The molecule has 2 aromatic rings. The van der Waals surface area contributed by atoms with Crippen molar-refractivity contribution in [1.29, 1.82) is 0 Å². The molecule has 1 aromatic carbocycles. The van der Waals surface area contributed by atoms with E-state index in [0.717, 1.165) is 10.9 Å². The van der Waals surface area contributed by atoms with Crippen LogP contribution in [-0.4, -0.2) is 42.6 Å². The number of hydrogen-bond donors (Lipinski definition) is 1. The quantitative estimate of drug-likeness (QED) is 0.903. The fourth-order valence-corrected chi connectivity index (χ4v) is 3.98. The number of hydrogen-bond acceptors (Lipinski definition) is 3. The predicted molar refractivity (Wildman–Crippen MR) is 84.6 cm³/mol. The van der Waals surface area contributed by atoms with E-state index in [9.17, 15) is 13.2 Å². The molecule has 2 N–H and O–H groups in total. The maximum absolute atomic E-state index is 12.4. The molecule has 0 saturated carbocycles. The van der Waals surface area contributed by atoms with E-state index >= 15 is 0 Å². The number of nitrogens with two attached hydrogens (primary N) is 1. The molecule has 1 unspecified atom stereocenters. The first kappa shape index (κ1) is 15.1. The minimum absolute atomic E-state index is 0.0123. The van der Waals surface area contributed by atoms with Crippen molar-refractivity contribution in [2.24, 2.45) is 11.1 Å².